The van der Waals surface area contributed by atoms with Crippen LogP contribution in [0.25, 0.3) is 0 Å². The fourth-order valence-electron chi connectivity index (χ4n) is 1.70. The molecule has 4 N–H and O–H groups in total. The normalized spacial score (nSPS) is 28.6. The lowest BCUT2D eigenvalue weighted by Crippen LogP contribution is -2.28. The summed E-state index contributed by atoms with van der Waals surface area (Å²) >= 11 is 0. The van der Waals surface area contributed by atoms with Gasteiger partial charge in [0.15, 0.2) is 6.23 Å². The van der Waals surface area contributed by atoms with Crippen LogP contribution in [0.2, 0.25) is 0 Å². The minimum Gasteiger partial charge on any atom is -0.394 e. The summed E-state index contributed by atoms with van der Waals surface area (Å²) in [6.07, 6.45) is -1.21. The van der Waals surface area contributed by atoms with Crippen LogP contribution in [-0.2, 0) is 4.74 Å². The zero-order valence-corrected chi connectivity index (χ0v) is 8.98. The van der Waals surface area contributed by atoms with E-state index in [2.05, 4.69) is 11.6 Å². The Balaban J connectivity index is 2.35. The Morgan fingerprint density at radius 1 is 1.65 bits per heavy atom. The van der Waals surface area contributed by atoms with Crippen molar-refractivity contribution in [3.63, 3.8) is 0 Å². The van der Waals surface area contributed by atoms with E-state index in [0.717, 1.165) is 4.57 Å². The predicted molar refractivity (Wildman–Crippen MR) is 59.1 cm³/mol. The van der Waals surface area contributed by atoms with Gasteiger partial charge in [0.05, 0.1) is 6.61 Å². The SMILES string of the molecule is C=C1C(O)C(CO)OC1n1ccc(N)nc1=O. The zero-order chi connectivity index (χ0) is 12.6. The molecule has 7 heteroatoms. The molecule has 0 saturated carbocycles. The van der Waals surface area contributed by atoms with Gasteiger partial charge in [0.1, 0.15) is 18.0 Å². The van der Waals surface area contributed by atoms with Crippen LogP contribution in [0, 0.1) is 0 Å². The van der Waals surface area contributed by atoms with Crippen molar-refractivity contribution in [1.82, 2.24) is 9.55 Å². The second-order valence-electron chi connectivity index (χ2n) is 3.77. The topological polar surface area (TPSA) is 111 Å². The number of nitrogens with zero attached hydrogens (tertiary/aromatic N) is 2. The lowest BCUT2D eigenvalue weighted by Gasteiger charge is -2.14. The van der Waals surface area contributed by atoms with E-state index in [-0.39, 0.29) is 12.4 Å². The highest BCUT2D eigenvalue weighted by Gasteiger charge is 2.38. The van der Waals surface area contributed by atoms with E-state index in [4.69, 9.17) is 15.6 Å². The summed E-state index contributed by atoms with van der Waals surface area (Å²) in [5.41, 5.74) is 5.07. The highest BCUT2D eigenvalue weighted by atomic mass is 16.5. The molecular formula is C10H13N3O4. The molecule has 92 valence electrons. The van der Waals surface area contributed by atoms with Gasteiger partial charge in [-0.1, -0.05) is 6.58 Å². The molecule has 0 spiro atoms. The first-order valence-electron chi connectivity index (χ1n) is 5.02. The second-order valence-corrected chi connectivity index (χ2v) is 3.77. The minimum atomic E-state index is -1.01. The molecule has 3 unspecified atom stereocenters. The summed E-state index contributed by atoms with van der Waals surface area (Å²) < 4.78 is 6.49. The molecule has 0 amide bonds. The van der Waals surface area contributed by atoms with E-state index in [1.165, 1.54) is 12.3 Å². The van der Waals surface area contributed by atoms with Crippen molar-refractivity contribution in [2.45, 2.75) is 18.4 Å². The highest BCUT2D eigenvalue weighted by molar-refractivity contribution is 5.24. The smallest absolute Gasteiger partial charge is 0.351 e. The maximum Gasteiger partial charge on any atom is 0.351 e. The summed E-state index contributed by atoms with van der Waals surface area (Å²) in [5, 5.41) is 18.7. The quantitative estimate of drug-likeness (QED) is 0.549. The number of aromatic nitrogens is 2. The number of ether oxygens (including phenoxy) is 1. The highest BCUT2D eigenvalue weighted by Crippen LogP contribution is 2.31. The summed E-state index contributed by atoms with van der Waals surface area (Å²) in [7, 11) is 0. The van der Waals surface area contributed by atoms with E-state index in [0.29, 0.717) is 5.57 Å². The third-order valence-corrected chi connectivity index (χ3v) is 2.64. The van der Waals surface area contributed by atoms with E-state index in [1.807, 2.05) is 0 Å². The van der Waals surface area contributed by atoms with Crippen LogP contribution in [-0.4, -0.2) is 38.6 Å². The lowest BCUT2D eigenvalue weighted by molar-refractivity contribution is -0.0447. The number of hydrogen-bond donors (Lipinski definition) is 3. The van der Waals surface area contributed by atoms with Crippen LogP contribution < -0.4 is 11.4 Å². The van der Waals surface area contributed by atoms with Crippen molar-refractivity contribution in [3.8, 4) is 0 Å². The first kappa shape index (κ1) is 11.8. The van der Waals surface area contributed by atoms with Crippen molar-refractivity contribution in [1.29, 1.82) is 0 Å². The molecule has 1 aliphatic rings. The Hall–Kier alpha value is -1.70. The fraction of sp³-hybridized carbons (Fsp3) is 0.400. The third kappa shape index (κ3) is 1.95. The first-order chi connectivity index (χ1) is 8.04. The Morgan fingerprint density at radius 2 is 2.35 bits per heavy atom. The molecule has 0 aliphatic carbocycles. The molecule has 1 aliphatic heterocycles. The number of rotatable bonds is 2. The van der Waals surface area contributed by atoms with Crippen LogP contribution in [0.5, 0.6) is 0 Å². The van der Waals surface area contributed by atoms with Gasteiger partial charge >= 0.3 is 5.69 Å². The van der Waals surface area contributed by atoms with Crippen molar-refractivity contribution >= 4 is 5.82 Å². The molecule has 17 heavy (non-hydrogen) atoms. The third-order valence-electron chi connectivity index (χ3n) is 2.64. The van der Waals surface area contributed by atoms with Gasteiger partial charge in [-0.3, -0.25) is 4.57 Å². The standard InChI is InChI=1S/C10H13N3O4/c1-5-8(15)6(4-14)17-9(5)13-3-2-7(11)12-10(13)16/h2-3,6,8-9,14-15H,1,4H2,(H2,11,12,16). The number of aliphatic hydroxyl groups is 2. The molecule has 1 aromatic rings. The maximum atomic E-state index is 11.6. The van der Waals surface area contributed by atoms with Crippen molar-refractivity contribution in [3.05, 3.63) is 34.9 Å². The van der Waals surface area contributed by atoms with E-state index >= 15 is 0 Å². The predicted octanol–water partition coefficient (Wildman–Crippen LogP) is -1.37. The van der Waals surface area contributed by atoms with Crippen molar-refractivity contribution in [2.24, 2.45) is 0 Å². The number of nitrogens with two attached hydrogens (primary N) is 1. The van der Waals surface area contributed by atoms with Gasteiger partial charge in [0, 0.05) is 11.8 Å². The molecule has 2 rings (SSSR count). The van der Waals surface area contributed by atoms with Gasteiger partial charge in [-0.05, 0) is 6.07 Å². The van der Waals surface area contributed by atoms with Gasteiger partial charge in [0.2, 0.25) is 0 Å². The molecule has 0 bridgehead atoms. The average Bonchev–Trinajstić information content (AvgIpc) is 2.57. The van der Waals surface area contributed by atoms with Crippen LogP contribution in [0.4, 0.5) is 5.82 Å². The van der Waals surface area contributed by atoms with Gasteiger partial charge in [-0.2, -0.15) is 4.98 Å². The molecule has 1 saturated heterocycles. The number of aliphatic hydroxyl groups excluding tert-OH is 2. The lowest BCUT2D eigenvalue weighted by atomic mass is 10.1. The van der Waals surface area contributed by atoms with Crippen LogP contribution in [0.1, 0.15) is 6.23 Å². The van der Waals surface area contributed by atoms with E-state index in [9.17, 15) is 9.90 Å². The Kier molecular flexibility index (Phi) is 2.97. The summed E-state index contributed by atoms with van der Waals surface area (Å²) in [6.45, 7) is 3.30. The molecule has 0 aromatic carbocycles. The Morgan fingerprint density at radius 3 is 2.88 bits per heavy atom. The van der Waals surface area contributed by atoms with Crippen LogP contribution in [0.15, 0.2) is 29.2 Å². The average molecular weight is 239 g/mol. The van der Waals surface area contributed by atoms with E-state index < -0.39 is 24.1 Å². The summed E-state index contributed by atoms with van der Waals surface area (Å²) in [4.78, 5) is 15.1. The maximum absolute atomic E-state index is 11.6. The molecular weight excluding hydrogens is 226 g/mol. The summed E-state index contributed by atoms with van der Waals surface area (Å²) in [5.74, 6) is 0.106. The zero-order valence-electron chi connectivity index (χ0n) is 8.98. The molecule has 1 aromatic heterocycles. The number of nitrogen functional groups attached to an aromatic ring is 1. The van der Waals surface area contributed by atoms with Crippen LogP contribution in [0.3, 0.4) is 0 Å². The number of anilines is 1. The van der Waals surface area contributed by atoms with Gasteiger partial charge in [-0.15, -0.1) is 0 Å². The molecule has 0 radical (unpaired) electrons. The molecule has 7 nitrogen and oxygen atoms in total. The fourth-order valence-corrected chi connectivity index (χ4v) is 1.70. The van der Waals surface area contributed by atoms with E-state index in [1.54, 1.807) is 0 Å². The van der Waals surface area contributed by atoms with Gasteiger partial charge in [-0.25, -0.2) is 4.79 Å². The molecule has 2 heterocycles. The second kappa shape index (κ2) is 4.28. The monoisotopic (exact) mass is 239 g/mol. The van der Waals surface area contributed by atoms with Gasteiger partial charge in [0.25, 0.3) is 0 Å². The Bertz CT molecular complexity index is 499. The number of hydrogen-bond acceptors (Lipinski definition) is 6. The summed E-state index contributed by atoms with van der Waals surface area (Å²) in [6, 6.07) is 1.44. The van der Waals surface area contributed by atoms with Crippen LogP contribution >= 0.6 is 0 Å². The molecule has 3 atom stereocenters. The van der Waals surface area contributed by atoms with Gasteiger partial charge < -0.3 is 20.7 Å². The first-order valence-corrected chi connectivity index (χ1v) is 5.02. The minimum absolute atomic E-state index is 0.106. The Labute approximate surface area is 96.8 Å². The molecule has 1 fully saturated rings. The van der Waals surface area contributed by atoms with Crippen molar-refractivity contribution < 1.29 is 14.9 Å². The van der Waals surface area contributed by atoms with Crippen molar-refractivity contribution in [2.75, 3.05) is 12.3 Å². The largest absolute Gasteiger partial charge is 0.394 e.